The van der Waals surface area contributed by atoms with Gasteiger partial charge in [0, 0.05) is 38.8 Å². The van der Waals surface area contributed by atoms with Gasteiger partial charge in [-0.25, -0.2) is 9.59 Å². The van der Waals surface area contributed by atoms with Crippen LogP contribution >= 0.6 is 0 Å². The number of carbonyl (C=O) groups is 2. The third-order valence-corrected chi connectivity index (χ3v) is 6.85. The van der Waals surface area contributed by atoms with Crippen molar-refractivity contribution in [2.24, 2.45) is 10.8 Å². The summed E-state index contributed by atoms with van der Waals surface area (Å²) in [5.74, 6) is 0. The minimum absolute atomic E-state index is 0.00243. The van der Waals surface area contributed by atoms with Gasteiger partial charge < -0.3 is 29.9 Å². The monoisotopic (exact) mass is 452 g/mol. The van der Waals surface area contributed by atoms with Gasteiger partial charge in [0.25, 0.3) is 0 Å². The summed E-state index contributed by atoms with van der Waals surface area (Å²) in [6.45, 7) is 17.9. The molecule has 1 aliphatic carbocycles. The maximum absolute atomic E-state index is 13.0. The van der Waals surface area contributed by atoms with E-state index in [9.17, 15) is 9.59 Å². The molecule has 0 aromatic heterocycles. The molecule has 0 radical (unpaired) electrons. The number of urea groups is 2. The van der Waals surface area contributed by atoms with Crippen LogP contribution in [0.1, 0.15) is 67.7 Å². The van der Waals surface area contributed by atoms with E-state index < -0.39 is 0 Å². The second-order valence-electron chi connectivity index (χ2n) is 11.7. The molecule has 8 nitrogen and oxygen atoms in total. The van der Waals surface area contributed by atoms with Gasteiger partial charge in [0.05, 0.1) is 24.4 Å². The third kappa shape index (κ3) is 6.73. The van der Waals surface area contributed by atoms with Gasteiger partial charge in [-0.15, -0.1) is 0 Å². The molecule has 6 unspecified atom stereocenters. The summed E-state index contributed by atoms with van der Waals surface area (Å²) in [5.41, 5.74) is 0.00767. The topological polar surface area (TPSA) is 83.1 Å². The predicted molar refractivity (Wildman–Crippen MR) is 125 cm³/mol. The molecule has 3 aliphatic rings. The van der Waals surface area contributed by atoms with Crippen LogP contribution in [-0.2, 0) is 9.47 Å². The average Bonchev–Trinajstić information content (AvgIpc) is 2.63. The molecular weight excluding hydrogens is 408 g/mol. The highest BCUT2D eigenvalue weighted by Crippen LogP contribution is 2.45. The lowest BCUT2D eigenvalue weighted by atomic mass is 9.62. The Bertz CT molecular complexity index is 667. The fraction of sp³-hybridized carbons (Fsp3) is 0.917. The number of hydrogen-bond acceptors (Lipinski definition) is 4. The molecule has 32 heavy (non-hydrogen) atoms. The number of nitrogens with zero attached hydrogens (tertiary/aromatic N) is 2. The van der Waals surface area contributed by atoms with Crippen LogP contribution in [0.3, 0.4) is 0 Å². The van der Waals surface area contributed by atoms with Gasteiger partial charge in [0.15, 0.2) is 0 Å². The fourth-order valence-electron chi connectivity index (χ4n) is 6.22. The molecule has 1 saturated carbocycles. The lowest BCUT2D eigenvalue weighted by molar-refractivity contribution is -0.0558. The first-order chi connectivity index (χ1) is 14.8. The summed E-state index contributed by atoms with van der Waals surface area (Å²) in [6, 6.07) is 0.0656. The number of rotatable bonds is 3. The second-order valence-corrected chi connectivity index (χ2v) is 11.7. The number of nitrogens with one attached hydrogen (secondary N) is 2. The predicted octanol–water partition coefficient (Wildman–Crippen LogP) is 3.21. The Balaban J connectivity index is 1.57. The van der Waals surface area contributed by atoms with Crippen molar-refractivity contribution in [1.29, 1.82) is 0 Å². The molecular formula is C24H44N4O4. The lowest BCUT2D eigenvalue weighted by Gasteiger charge is -2.47. The molecule has 6 atom stereocenters. The van der Waals surface area contributed by atoms with E-state index in [1.165, 1.54) is 0 Å². The zero-order valence-electron chi connectivity index (χ0n) is 21.1. The number of ether oxygens (including phenoxy) is 2. The van der Waals surface area contributed by atoms with Gasteiger partial charge in [-0.1, -0.05) is 20.8 Å². The summed E-state index contributed by atoms with van der Waals surface area (Å²) < 4.78 is 11.5. The Labute approximate surface area is 193 Å². The molecule has 0 bridgehead atoms. The van der Waals surface area contributed by atoms with Crippen LogP contribution in [0.4, 0.5) is 9.59 Å². The van der Waals surface area contributed by atoms with Gasteiger partial charge in [-0.3, -0.25) is 0 Å². The third-order valence-electron chi connectivity index (χ3n) is 6.85. The molecule has 3 fully saturated rings. The first-order valence-electron chi connectivity index (χ1n) is 12.2. The summed E-state index contributed by atoms with van der Waals surface area (Å²) in [6.07, 6.45) is 3.02. The van der Waals surface area contributed by atoms with E-state index in [0.29, 0.717) is 32.7 Å². The van der Waals surface area contributed by atoms with Crippen LogP contribution in [0.25, 0.3) is 0 Å². The Morgan fingerprint density at radius 1 is 0.812 bits per heavy atom. The standard InChI is InChI=1S/C24H44N4O4/c1-16-10-27(11-17(2)31-16)21(29)25-15-24(7)9-20(8-23(5,6)14-24)26-22(30)28-12-18(3)32-19(4)13-28/h16-20H,8-15H2,1-7H3,(H,25,29)(H,26,30). The maximum Gasteiger partial charge on any atom is 0.317 e. The van der Waals surface area contributed by atoms with E-state index in [4.69, 9.17) is 9.47 Å². The normalized spacial score (nSPS) is 37.7. The summed E-state index contributed by atoms with van der Waals surface area (Å²) >= 11 is 0. The highest BCUT2D eigenvalue weighted by atomic mass is 16.5. The number of amides is 4. The Kier molecular flexibility index (Phi) is 7.65. The number of hydrogen-bond donors (Lipinski definition) is 2. The van der Waals surface area contributed by atoms with Crippen LogP contribution in [0.5, 0.6) is 0 Å². The summed E-state index contributed by atoms with van der Waals surface area (Å²) in [5, 5.41) is 6.48. The largest absolute Gasteiger partial charge is 0.372 e. The van der Waals surface area contributed by atoms with Crippen molar-refractivity contribution in [1.82, 2.24) is 20.4 Å². The molecule has 4 amide bonds. The second kappa shape index (κ2) is 9.75. The molecule has 2 saturated heterocycles. The first-order valence-corrected chi connectivity index (χ1v) is 12.2. The summed E-state index contributed by atoms with van der Waals surface area (Å²) in [7, 11) is 0. The Morgan fingerprint density at radius 2 is 1.28 bits per heavy atom. The molecule has 8 heteroatoms. The maximum atomic E-state index is 13.0. The van der Waals surface area contributed by atoms with Gasteiger partial charge in [-0.05, 0) is 57.8 Å². The van der Waals surface area contributed by atoms with E-state index in [0.717, 1.165) is 19.3 Å². The van der Waals surface area contributed by atoms with E-state index in [1.54, 1.807) is 0 Å². The lowest BCUT2D eigenvalue weighted by Crippen LogP contribution is -2.57. The highest BCUT2D eigenvalue weighted by Gasteiger charge is 2.42. The minimum Gasteiger partial charge on any atom is -0.372 e. The van der Waals surface area contributed by atoms with Crippen LogP contribution in [0, 0.1) is 10.8 Å². The SMILES string of the molecule is CC1CN(C(=O)NCC2(C)CC(NC(=O)N3CC(C)OC(C)C3)CC(C)(C)C2)CC(C)O1. The molecule has 0 aromatic carbocycles. The molecule has 184 valence electrons. The van der Waals surface area contributed by atoms with Crippen LogP contribution < -0.4 is 10.6 Å². The molecule has 0 aromatic rings. The van der Waals surface area contributed by atoms with Crippen molar-refractivity contribution in [3.8, 4) is 0 Å². The first kappa shape index (κ1) is 25.1. The quantitative estimate of drug-likeness (QED) is 0.689. The average molecular weight is 453 g/mol. The van der Waals surface area contributed by atoms with Crippen molar-refractivity contribution in [2.75, 3.05) is 32.7 Å². The van der Waals surface area contributed by atoms with Crippen molar-refractivity contribution in [3.05, 3.63) is 0 Å². The fourth-order valence-corrected chi connectivity index (χ4v) is 6.22. The molecule has 0 spiro atoms. The van der Waals surface area contributed by atoms with Gasteiger partial charge in [0.1, 0.15) is 0 Å². The number of morpholine rings is 2. The number of carbonyl (C=O) groups excluding carboxylic acids is 2. The molecule has 2 aliphatic heterocycles. The van der Waals surface area contributed by atoms with Crippen molar-refractivity contribution in [2.45, 2.75) is 98.2 Å². The van der Waals surface area contributed by atoms with Crippen molar-refractivity contribution in [3.63, 3.8) is 0 Å². The zero-order valence-corrected chi connectivity index (χ0v) is 21.1. The van der Waals surface area contributed by atoms with Crippen LogP contribution in [-0.4, -0.2) is 85.0 Å². The smallest absolute Gasteiger partial charge is 0.317 e. The van der Waals surface area contributed by atoms with Gasteiger partial charge in [0.2, 0.25) is 0 Å². The minimum atomic E-state index is -0.0789. The molecule has 2 heterocycles. The van der Waals surface area contributed by atoms with Crippen LogP contribution in [0.2, 0.25) is 0 Å². The highest BCUT2D eigenvalue weighted by molar-refractivity contribution is 5.75. The van der Waals surface area contributed by atoms with Gasteiger partial charge >= 0.3 is 12.1 Å². The van der Waals surface area contributed by atoms with E-state index in [2.05, 4.69) is 31.4 Å². The molecule has 2 N–H and O–H groups in total. The van der Waals surface area contributed by atoms with Crippen LogP contribution in [0.15, 0.2) is 0 Å². The van der Waals surface area contributed by atoms with Crippen molar-refractivity contribution >= 4 is 12.1 Å². The Hall–Kier alpha value is -1.54. The van der Waals surface area contributed by atoms with E-state index in [1.807, 2.05) is 37.5 Å². The zero-order chi connectivity index (χ0) is 23.7. The van der Waals surface area contributed by atoms with E-state index in [-0.39, 0.29) is 53.3 Å². The van der Waals surface area contributed by atoms with Crippen molar-refractivity contribution < 1.29 is 19.1 Å². The Morgan fingerprint density at radius 3 is 1.78 bits per heavy atom. The van der Waals surface area contributed by atoms with E-state index >= 15 is 0 Å². The van der Waals surface area contributed by atoms with Gasteiger partial charge in [-0.2, -0.15) is 0 Å². The molecule has 3 rings (SSSR count). The summed E-state index contributed by atoms with van der Waals surface area (Å²) in [4.78, 5) is 29.6.